The summed E-state index contributed by atoms with van der Waals surface area (Å²) in [6.45, 7) is 6.66. The van der Waals surface area contributed by atoms with E-state index in [2.05, 4.69) is 28.3 Å². The molecule has 0 amide bonds. The van der Waals surface area contributed by atoms with Crippen LogP contribution in [0, 0.1) is 6.92 Å². The lowest BCUT2D eigenvalue weighted by Gasteiger charge is -2.30. The van der Waals surface area contributed by atoms with Gasteiger partial charge in [-0.2, -0.15) is 0 Å². The molecule has 1 aromatic heterocycles. The van der Waals surface area contributed by atoms with E-state index in [1.165, 1.54) is 5.56 Å². The molecule has 4 heteroatoms. The minimum Gasteiger partial charge on any atom is -0.374 e. The van der Waals surface area contributed by atoms with Crippen molar-refractivity contribution >= 4 is 0 Å². The van der Waals surface area contributed by atoms with Gasteiger partial charge < -0.3 is 15.0 Å². The van der Waals surface area contributed by atoms with Crippen molar-refractivity contribution in [2.75, 3.05) is 33.3 Å². The van der Waals surface area contributed by atoms with Crippen LogP contribution in [0.1, 0.15) is 11.3 Å². The molecule has 17 heavy (non-hydrogen) atoms. The zero-order valence-electron chi connectivity index (χ0n) is 10.6. The molecule has 2 heterocycles. The van der Waals surface area contributed by atoms with Crippen LogP contribution in [0.4, 0.5) is 0 Å². The number of pyridine rings is 1. The summed E-state index contributed by atoms with van der Waals surface area (Å²) in [7, 11) is 2.14. The highest BCUT2D eigenvalue weighted by Crippen LogP contribution is 2.03. The number of rotatable bonds is 4. The average Bonchev–Trinajstić information content (AvgIpc) is 2.32. The van der Waals surface area contributed by atoms with Gasteiger partial charge in [0.25, 0.3) is 0 Å². The Hall–Kier alpha value is -0.970. The molecule has 1 aliphatic heterocycles. The fourth-order valence-electron chi connectivity index (χ4n) is 1.97. The lowest BCUT2D eigenvalue weighted by molar-refractivity contribution is -0.0182. The molecule has 1 saturated heterocycles. The Kier molecular flexibility index (Phi) is 4.48. The molecule has 0 radical (unpaired) electrons. The van der Waals surface area contributed by atoms with E-state index in [1.807, 2.05) is 19.2 Å². The quantitative estimate of drug-likeness (QED) is 0.838. The van der Waals surface area contributed by atoms with Crippen LogP contribution in [0.5, 0.6) is 0 Å². The van der Waals surface area contributed by atoms with Gasteiger partial charge in [0.05, 0.1) is 12.7 Å². The van der Waals surface area contributed by atoms with Crippen LogP contribution in [0.2, 0.25) is 0 Å². The van der Waals surface area contributed by atoms with E-state index < -0.39 is 0 Å². The standard InChI is InChI=1S/C13H21N3O/c1-11-3-4-12(8-15-11)7-14-9-13-10-16(2)5-6-17-13/h3-4,8,13-14H,5-7,9-10H2,1-2H3. The number of ether oxygens (including phenoxy) is 1. The third kappa shape index (κ3) is 4.07. The lowest BCUT2D eigenvalue weighted by Crippen LogP contribution is -2.44. The van der Waals surface area contributed by atoms with Crippen LogP contribution < -0.4 is 5.32 Å². The summed E-state index contributed by atoms with van der Waals surface area (Å²) < 4.78 is 5.69. The summed E-state index contributed by atoms with van der Waals surface area (Å²) in [6, 6.07) is 4.16. The van der Waals surface area contributed by atoms with Crippen molar-refractivity contribution in [3.63, 3.8) is 0 Å². The van der Waals surface area contributed by atoms with Crippen molar-refractivity contribution in [1.82, 2.24) is 15.2 Å². The van der Waals surface area contributed by atoms with Crippen LogP contribution >= 0.6 is 0 Å². The molecule has 0 spiro atoms. The first-order chi connectivity index (χ1) is 8.24. The number of nitrogens with zero attached hydrogens (tertiary/aromatic N) is 2. The fourth-order valence-corrected chi connectivity index (χ4v) is 1.97. The van der Waals surface area contributed by atoms with Gasteiger partial charge in [-0.1, -0.05) is 6.07 Å². The Morgan fingerprint density at radius 2 is 2.41 bits per heavy atom. The molecule has 1 aromatic rings. The second kappa shape index (κ2) is 6.10. The fraction of sp³-hybridized carbons (Fsp3) is 0.615. The summed E-state index contributed by atoms with van der Waals surface area (Å²) in [5, 5.41) is 3.42. The Morgan fingerprint density at radius 3 is 3.12 bits per heavy atom. The molecule has 0 bridgehead atoms. The van der Waals surface area contributed by atoms with Gasteiger partial charge in [-0.25, -0.2) is 0 Å². The highest BCUT2D eigenvalue weighted by atomic mass is 16.5. The summed E-state index contributed by atoms with van der Waals surface area (Å²) in [5.41, 5.74) is 2.28. The highest BCUT2D eigenvalue weighted by molar-refractivity contribution is 5.12. The molecule has 1 N–H and O–H groups in total. The van der Waals surface area contributed by atoms with E-state index >= 15 is 0 Å². The smallest absolute Gasteiger partial charge is 0.0826 e. The van der Waals surface area contributed by atoms with Crippen molar-refractivity contribution in [3.8, 4) is 0 Å². The highest BCUT2D eigenvalue weighted by Gasteiger charge is 2.16. The molecule has 1 aliphatic rings. The monoisotopic (exact) mass is 235 g/mol. The number of nitrogens with one attached hydrogen (secondary N) is 1. The summed E-state index contributed by atoms with van der Waals surface area (Å²) in [6.07, 6.45) is 2.24. The first-order valence-corrected chi connectivity index (χ1v) is 6.16. The summed E-state index contributed by atoms with van der Waals surface area (Å²) >= 11 is 0. The van der Waals surface area contributed by atoms with E-state index in [-0.39, 0.29) is 0 Å². The third-order valence-corrected chi connectivity index (χ3v) is 3.02. The molecule has 4 nitrogen and oxygen atoms in total. The average molecular weight is 235 g/mol. The van der Waals surface area contributed by atoms with Crippen molar-refractivity contribution < 1.29 is 4.74 Å². The maximum absolute atomic E-state index is 5.69. The number of hydrogen-bond donors (Lipinski definition) is 1. The van der Waals surface area contributed by atoms with Gasteiger partial charge in [0, 0.05) is 38.1 Å². The molecule has 1 fully saturated rings. The van der Waals surface area contributed by atoms with Crippen LogP contribution in [-0.4, -0.2) is 49.3 Å². The molecule has 0 saturated carbocycles. The summed E-state index contributed by atoms with van der Waals surface area (Å²) in [5.74, 6) is 0. The zero-order chi connectivity index (χ0) is 12.1. The minimum atomic E-state index is 0.312. The SMILES string of the molecule is Cc1ccc(CNCC2CN(C)CCO2)cn1. The van der Waals surface area contributed by atoms with E-state index in [0.717, 1.165) is 38.5 Å². The Bertz CT molecular complexity index is 339. The zero-order valence-corrected chi connectivity index (χ0v) is 10.6. The maximum Gasteiger partial charge on any atom is 0.0826 e. The van der Waals surface area contributed by atoms with E-state index in [9.17, 15) is 0 Å². The van der Waals surface area contributed by atoms with Gasteiger partial charge in [0.2, 0.25) is 0 Å². The lowest BCUT2D eigenvalue weighted by atomic mass is 10.2. The second-order valence-electron chi connectivity index (χ2n) is 4.69. The normalized spacial score (nSPS) is 21.6. The topological polar surface area (TPSA) is 37.4 Å². The number of hydrogen-bond acceptors (Lipinski definition) is 4. The molecular weight excluding hydrogens is 214 g/mol. The number of morpholine rings is 1. The molecule has 0 aliphatic carbocycles. The van der Waals surface area contributed by atoms with Crippen LogP contribution in [0.3, 0.4) is 0 Å². The van der Waals surface area contributed by atoms with E-state index in [1.54, 1.807) is 0 Å². The van der Waals surface area contributed by atoms with E-state index in [4.69, 9.17) is 4.74 Å². The van der Waals surface area contributed by atoms with E-state index in [0.29, 0.717) is 6.10 Å². The molecule has 2 rings (SSSR count). The van der Waals surface area contributed by atoms with Crippen molar-refractivity contribution in [3.05, 3.63) is 29.6 Å². The van der Waals surface area contributed by atoms with Crippen LogP contribution in [0.15, 0.2) is 18.3 Å². The first kappa shape index (κ1) is 12.5. The second-order valence-corrected chi connectivity index (χ2v) is 4.69. The van der Waals surface area contributed by atoms with Crippen molar-refractivity contribution in [1.29, 1.82) is 0 Å². The Balaban J connectivity index is 1.70. The van der Waals surface area contributed by atoms with Crippen LogP contribution in [-0.2, 0) is 11.3 Å². The Morgan fingerprint density at radius 1 is 1.53 bits per heavy atom. The van der Waals surface area contributed by atoms with Gasteiger partial charge in [-0.15, -0.1) is 0 Å². The molecule has 1 unspecified atom stereocenters. The molecular formula is C13H21N3O. The van der Waals surface area contributed by atoms with Gasteiger partial charge >= 0.3 is 0 Å². The van der Waals surface area contributed by atoms with Crippen molar-refractivity contribution in [2.45, 2.75) is 19.6 Å². The summed E-state index contributed by atoms with van der Waals surface area (Å²) in [4.78, 5) is 6.59. The minimum absolute atomic E-state index is 0.312. The molecule has 1 atom stereocenters. The maximum atomic E-state index is 5.69. The van der Waals surface area contributed by atoms with Crippen molar-refractivity contribution in [2.24, 2.45) is 0 Å². The third-order valence-electron chi connectivity index (χ3n) is 3.02. The predicted molar refractivity (Wildman–Crippen MR) is 67.9 cm³/mol. The molecule has 0 aromatic carbocycles. The predicted octanol–water partition coefficient (Wildman–Crippen LogP) is 0.810. The molecule has 94 valence electrons. The van der Waals surface area contributed by atoms with Crippen LogP contribution in [0.25, 0.3) is 0 Å². The van der Waals surface area contributed by atoms with Gasteiger partial charge in [-0.3, -0.25) is 4.98 Å². The largest absolute Gasteiger partial charge is 0.374 e. The number of aromatic nitrogens is 1. The Labute approximate surface area is 103 Å². The number of aryl methyl sites for hydroxylation is 1. The first-order valence-electron chi connectivity index (χ1n) is 6.16. The van der Waals surface area contributed by atoms with Gasteiger partial charge in [0.1, 0.15) is 0 Å². The van der Waals surface area contributed by atoms with Gasteiger partial charge in [0.15, 0.2) is 0 Å². The number of likely N-dealkylation sites (N-methyl/N-ethyl adjacent to an activating group) is 1. The van der Waals surface area contributed by atoms with Gasteiger partial charge in [-0.05, 0) is 25.6 Å².